The van der Waals surface area contributed by atoms with Crippen molar-refractivity contribution < 1.29 is 4.79 Å². The van der Waals surface area contributed by atoms with Gasteiger partial charge in [0.05, 0.1) is 10.0 Å². The monoisotopic (exact) mass is 302 g/mol. The largest absolute Gasteiger partial charge is 0.354 e. The van der Waals surface area contributed by atoms with Crippen molar-refractivity contribution in [3.05, 3.63) is 33.8 Å². The standard InChI is InChI=1S/C14H20Cl2N2O/c1-9(2)18-14(19)6-7-17-10(3)11-4-5-12(15)13(16)8-11/h4-5,8-10,17H,6-7H2,1-3H3,(H,18,19). The van der Waals surface area contributed by atoms with Gasteiger partial charge >= 0.3 is 0 Å². The predicted octanol–water partition coefficient (Wildman–Crippen LogP) is 3.56. The average Bonchev–Trinajstić information content (AvgIpc) is 2.31. The molecule has 1 amide bonds. The van der Waals surface area contributed by atoms with Gasteiger partial charge in [-0.05, 0) is 38.5 Å². The predicted molar refractivity (Wildman–Crippen MR) is 80.8 cm³/mol. The van der Waals surface area contributed by atoms with E-state index in [-0.39, 0.29) is 18.0 Å². The number of carbonyl (C=O) groups excluding carboxylic acids is 1. The van der Waals surface area contributed by atoms with Crippen LogP contribution in [0.4, 0.5) is 0 Å². The van der Waals surface area contributed by atoms with Crippen molar-refractivity contribution in [1.29, 1.82) is 0 Å². The van der Waals surface area contributed by atoms with Crippen molar-refractivity contribution in [3.8, 4) is 0 Å². The zero-order valence-electron chi connectivity index (χ0n) is 11.5. The molecule has 3 nitrogen and oxygen atoms in total. The molecule has 0 bridgehead atoms. The number of benzene rings is 1. The lowest BCUT2D eigenvalue weighted by atomic mass is 10.1. The lowest BCUT2D eigenvalue weighted by Crippen LogP contribution is -2.33. The van der Waals surface area contributed by atoms with Gasteiger partial charge in [0.1, 0.15) is 0 Å². The number of nitrogens with one attached hydrogen (secondary N) is 2. The van der Waals surface area contributed by atoms with Crippen molar-refractivity contribution in [2.24, 2.45) is 0 Å². The summed E-state index contributed by atoms with van der Waals surface area (Å²) in [5, 5.41) is 7.24. The van der Waals surface area contributed by atoms with Crippen LogP contribution in [0.1, 0.15) is 38.8 Å². The van der Waals surface area contributed by atoms with Crippen LogP contribution in [-0.2, 0) is 4.79 Å². The molecule has 1 rings (SSSR count). The van der Waals surface area contributed by atoms with Gasteiger partial charge in [0.2, 0.25) is 5.91 Å². The zero-order valence-corrected chi connectivity index (χ0v) is 13.0. The van der Waals surface area contributed by atoms with Crippen LogP contribution in [0, 0.1) is 0 Å². The van der Waals surface area contributed by atoms with Gasteiger partial charge in [-0.2, -0.15) is 0 Å². The summed E-state index contributed by atoms with van der Waals surface area (Å²) in [4.78, 5) is 11.5. The summed E-state index contributed by atoms with van der Waals surface area (Å²) in [6.07, 6.45) is 0.462. The highest BCUT2D eigenvalue weighted by molar-refractivity contribution is 6.42. The number of hydrogen-bond donors (Lipinski definition) is 2. The number of hydrogen-bond acceptors (Lipinski definition) is 2. The molecule has 1 atom stereocenters. The van der Waals surface area contributed by atoms with E-state index in [1.807, 2.05) is 32.9 Å². The second-order valence-electron chi connectivity index (χ2n) is 4.82. The number of carbonyl (C=O) groups is 1. The molecule has 1 aromatic rings. The van der Waals surface area contributed by atoms with Crippen molar-refractivity contribution in [1.82, 2.24) is 10.6 Å². The molecule has 106 valence electrons. The minimum absolute atomic E-state index is 0.0591. The van der Waals surface area contributed by atoms with Gasteiger partial charge in [-0.15, -0.1) is 0 Å². The molecule has 0 aromatic heterocycles. The first kappa shape index (κ1) is 16.3. The molecule has 0 aliphatic heterocycles. The fourth-order valence-corrected chi connectivity index (χ4v) is 2.00. The molecular weight excluding hydrogens is 283 g/mol. The van der Waals surface area contributed by atoms with E-state index in [9.17, 15) is 4.79 Å². The minimum atomic E-state index is 0.0591. The Morgan fingerprint density at radius 1 is 1.21 bits per heavy atom. The summed E-state index contributed by atoms with van der Waals surface area (Å²) < 4.78 is 0. The highest BCUT2D eigenvalue weighted by Gasteiger charge is 2.08. The second-order valence-corrected chi connectivity index (χ2v) is 5.64. The lowest BCUT2D eigenvalue weighted by Gasteiger charge is -2.15. The van der Waals surface area contributed by atoms with E-state index in [0.717, 1.165) is 5.56 Å². The minimum Gasteiger partial charge on any atom is -0.354 e. The molecule has 5 heteroatoms. The number of rotatable bonds is 6. The molecule has 1 aromatic carbocycles. The Morgan fingerprint density at radius 3 is 2.47 bits per heavy atom. The summed E-state index contributed by atoms with van der Waals surface area (Å²) in [6, 6.07) is 5.86. The number of halogens is 2. The Hall–Kier alpha value is -0.770. The Balaban J connectivity index is 2.40. The first-order valence-corrected chi connectivity index (χ1v) is 7.13. The fourth-order valence-electron chi connectivity index (χ4n) is 1.70. The van der Waals surface area contributed by atoms with Crippen LogP contribution in [0.2, 0.25) is 10.0 Å². The normalized spacial score (nSPS) is 12.5. The number of amides is 1. The van der Waals surface area contributed by atoms with Crippen LogP contribution >= 0.6 is 23.2 Å². The Kier molecular flexibility index (Phi) is 6.63. The molecule has 0 aliphatic rings. The SMILES string of the molecule is CC(C)NC(=O)CCNC(C)c1ccc(Cl)c(Cl)c1. The topological polar surface area (TPSA) is 41.1 Å². The van der Waals surface area contributed by atoms with Gasteiger partial charge in [-0.3, -0.25) is 4.79 Å². The van der Waals surface area contributed by atoms with Crippen LogP contribution in [0.3, 0.4) is 0 Å². The Bertz CT molecular complexity index is 435. The molecule has 19 heavy (non-hydrogen) atoms. The lowest BCUT2D eigenvalue weighted by molar-refractivity contribution is -0.121. The van der Waals surface area contributed by atoms with Crippen molar-refractivity contribution >= 4 is 29.1 Å². The van der Waals surface area contributed by atoms with E-state index in [0.29, 0.717) is 23.0 Å². The van der Waals surface area contributed by atoms with Gasteiger partial charge < -0.3 is 10.6 Å². The molecule has 2 N–H and O–H groups in total. The van der Waals surface area contributed by atoms with E-state index in [4.69, 9.17) is 23.2 Å². The maximum atomic E-state index is 11.5. The molecule has 1 unspecified atom stereocenters. The van der Waals surface area contributed by atoms with E-state index in [2.05, 4.69) is 10.6 Å². The Morgan fingerprint density at radius 2 is 1.89 bits per heavy atom. The van der Waals surface area contributed by atoms with E-state index in [1.54, 1.807) is 6.07 Å². The highest BCUT2D eigenvalue weighted by Crippen LogP contribution is 2.25. The molecule has 0 heterocycles. The van der Waals surface area contributed by atoms with Gasteiger partial charge in [-0.25, -0.2) is 0 Å². The molecule has 0 saturated carbocycles. The van der Waals surface area contributed by atoms with Crippen molar-refractivity contribution in [3.63, 3.8) is 0 Å². The zero-order chi connectivity index (χ0) is 14.4. The third-order valence-electron chi connectivity index (χ3n) is 2.70. The maximum absolute atomic E-state index is 11.5. The van der Waals surface area contributed by atoms with Crippen LogP contribution in [0.5, 0.6) is 0 Å². The molecule has 0 spiro atoms. The third-order valence-corrected chi connectivity index (χ3v) is 3.43. The van der Waals surface area contributed by atoms with Crippen molar-refractivity contribution in [2.75, 3.05) is 6.54 Å². The summed E-state index contributed by atoms with van der Waals surface area (Å²) >= 11 is 11.9. The van der Waals surface area contributed by atoms with E-state index >= 15 is 0 Å². The molecule has 0 radical (unpaired) electrons. The van der Waals surface area contributed by atoms with Crippen LogP contribution in [0.25, 0.3) is 0 Å². The summed E-state index contributed by atoms with van der Waals surface area (Å²) in [6.45, 7) is 6.55. The van der Waals surface area contributed by atoms with Crippen LogP contribution in [-0.4, -0.2) is 18.5 Å². The van der Waals surface area contributed by atoms with Gasteiger partial charge in [0.15, 0.2) is 0 Å². The third kappa shape index (κ3) is 5.81. The summed E-state index contributed by atoms with van der Waals surface area (Å²) in [7, 11) is 0. The maximum Gasteiger partial charge on any atom is 0.221 e. The summed E-state index contributed by atoms with van der Waals surface area (Å²) in [5.41, 5.74) is 1.05. The van der Waals surface area contributed by atoms with Crippen LogP contribution < -0.4 is 10.6 Å². The second kappa shape index (κ2) is 7.73. The highest BCUT2D eigenvalue weighted by atomic mass is 35.5. The quantitative estimate of drug-likeness (QED) is 0.843. The average molecular weight is 303 g/mol. The van der Waals surface area contributed by atoms with Gasteiger partial charge in [0, 0.05) is 25.0 Å². The first-order valence-electron chi connectivity index (χ1n) is 6.38. The smallest absolute Gasteiger partial charge is 0.221 e. The van der Waals surface area contributed by atoms with E-state index < -0.39 is 0 Å². The Labute approximate surface area is 124 Å². The molecular formula is C14H20Cl2N2O. The van der Waals surface area contributed by atoms with E-state index in [1.165, 1.54) is 0 Å². The molecule has 0 fully saturated rings. The van der Waals surface area contributed by atoms with Crippen molar-refractivity contribution in [2.45, 2.75) is 39.3 Å². The first-order chi connectivity index (χ1) is 8.90. The van der Waals surface area contributed by atoms with Gasteiger partial charge in [0.25, 0.3) is 0 Å². The van der Waals surface area contributed by atoms with Crippen LogP contribution in [0.15, 0.2) is 18.2 Å². The fraction of sp³-hybridized carbons (Fsp3) is 0.500. The van der Waals surface area contributed by atoms with Gasteiger partial charge in [-0.1, -0.05) is 29.3 Å². The molecule has 0 saturated heterocycles. The summed E-state index contributed by atoms with van der Waals surface area (Å²) in [5.74, 6) is 0.0591. The molecule has 0 aliphatic carbocycles.